The van der Waals surface area contributed by atoms with E-state index in [0.29, 0.717) is 18.9 Å². The van der Waals surface area contributed by atoms with E-state index >= 15 is 0 Å². The van der Waals surface area contributed by atoms with E-state index in [2.05, 4.69) is 10.3 Å². The van der Waals surface area contributed by atoms with Gasteiger partial charge >= 0.3 is 6.09 Å². The molecule has 6 heteroatoms. The van der Waals surface area contributed by atoms with E-state index in [1.807, 2.05) is 32.9 Å². The topological polar surface area (TPSA) is 71.5 Å². The molecule has 0 unspecified atom stereocenters. The summed E-state index contributed by atoms with van der Waals surface area (Å²) in [4.78, 5) is 28.9. The van der Waals surface area contributed by atoms with Gasteiger partial charge in [-0.1, -0.05) is 6.08 Å². The molecule has 0 bridgehead atoms. The van der Waals surface area contributed by atoms with E-state index in [9.17, 15) is 9.59 Å². The Kier molecular flexibility index (Phi) is 5.03. The van der Waals surface area contributed by atoms with Crippen molar-refractivity contribution in [2.24, 2.45) is 0 Å². The van der Waals surface area contributed by atoms with Gasteiger partial charge in [0.2, 0.25) is 5.91 Å². The first-order valence-electron chi connectivity index (χ1n) is 7.65. The maximum Gasteiger partial charge on any atom is 0.410 e. The van der Waals surface area contributed by atoms with Crippen molar-refractivity contribution in [3.05, 3.63) is 30.0 Å². The SMILES string of the molecule is CC(=O)Nc1ccc(C2=CCN(C(=O)OC(C)(C)C)CC2)cn1. The first-order valence-corrected chi connectivity index (χ1v) is 7.65. The van der Waals surface area contributed by atoms with Gasteiger partial charge in [0.05, 0.1) is 0 Å². The smallest absolute Gasteiger partial charge is 0.410 e. The van der Waals surface area contributed by atoms with Crippen LogP contribution in [0.15, 0.2) is 24.4 Å². The Balaban J connectivity index is 1.98. The average Bonchev–Trinajstić information content (AvgIpc) is 2.46. The van der Waals surface area contributed by atoms with Gasteiger partial charge in [-0.25, -0.2) is 9.78 Å². The number of carbonyl (C=O) groups is 2. The molecule has 1 aliphatic rings. The highest BCUT2D eigenvalue weighted by Gasteiger charge is 2.23. The molecule has 1 aromatic rings. The number of carbonyl (C=O) groups excluding carboxylic acids is 2. The van der Waals surface area contributed by atoms with Gasteiger partial charge in [-0.15, -0.1) is 0 Å². The van der Waals surface area contributed by atoms with Crippen LogP contribution in [0.1, 0.15) is 39.7 Å². The van der Waals surface area contributed by atoms with Crippen LogP contribution in [0.4, 0.5) is 10.6 Å². The number of hydrogen-bond acceptors (Lipinski definition) is 4. The number of aromatic nitrogens is 1. The van der Waals surface area contributed by atoms with Crippen molar-refractivity contribution in [1.82, 2.24) is 9.88 Å². The summed E-state index contributed by atoms with van der Waals surface area (Å²) in [6.45, 7) is 8.17. The van der Waals surface area contributed by atoms with Gasteiger partial charge in [0.1, 0.15) is 11.4 Å². The molecule has 0 aromatic carbocycles. The summed E-state index contributed by atoms with van der Waals surface area (Å²) in [7, 11) is 0. The predicted octanol–water partition coefficient (Wildman–Crippen LogP) is 3.06. The van der Waals surface area contributed by atoms with Crippen LogP contribution in [0.3, 0.4) is 0 Å². The summed E-state index contributed by atoms with van der Waals surface area (Å²) < 4.78 is 5.38. The molecule has 124 valence electrons. The van der Waals surface area contributed by atoms with Crippen LogP contribution in [-0.4, -0.2) is 40.6 Å². The van der Waals surface area contributed by atoms with Crippen LogP contribution in [-0.2, 0) is 9.53 Å². The van der Waals surface area contributed by atoms with E-state index < -0.39 is 5.60 Å². The van der Waals surface area contributed by atoms with Crippen molar-refractivity contribution in [3.8, 4) is 0 Å². The number of ether oxygens (including phenoxy) is 1. The molecule has 2 amide bonds. The van der Waals surface area contributed by atoms with Gasteiger partial charge in [-0.05, 0) is 50.5 Å². The van der Waals surface area contributed by atoms with Crippen LogP contribution in [0.5, 0.6) is 0 Å². The van der Waals surface area contributed by atoms with Gasteiger partial charge in [0.15, 0.2) is 0 Å². The second kappa shape index (κ2) is 6.81. The van der Waals surface area contributed by atoms with Gasteiger partial charge in [-0.2, -0.15) is 0 Å². The molecule has 0 spiro atoms. The fourth-order valence-corrected chi connectivity index (χ4v) is 2.26. The number of anilines is 1. The summed E-state index contributed by atoms with van der Waals surface area (Å²) in [6, 6.07) is 3.70. The van der Waals surface area contributed by atoms with Crippen molar-refractivity contribution in [1.29, 1.82) is 0 Å². The monoisotopic (exact) mass is 317 g/mol. The lowest BCUT2D eigenvalue weighted by molar-refractivity contribution is -0.114. The Morgan fingerprint density at radius 3 is 2.52 bits per heavy atom. The summed E-state index contributed by atoms with van der Waals surface area (Å²) >= 11 is 0. The van der Waals surface area contributed by atoms with Crippen molar-refractivity contribution < 1.29 is 14.3 Å². The molecule has 0 saturated carbocycles. The molecule has 0 saturated heterocycles. The molecule has 0 aliphatic carbocycles. The molecule has 0 fully saturated rings. The van der Waals surface area contributed by atoms with E-state index in [-0.39, 0.29) is 12.0 Å². The summed E-state index contributed by atoms with van der Waals surface area (Å²) in [5, 5.41) is 2.64. The minimum absolute atomic E-state index is 0.143. The highest BCUT2D eigenvalue weighted by molar-refractivity contribution is 5.87. The minimum atomic E-state index is -0.482. The molecule has 2 rings (SSSR count). The quantitative estimate of drug-likeness (QED) is 0.910. The fraction of sp³-hybridized carbons (Fsp3) is 0.471. The van der Waals surface area contributed by atoms with Crippen LogP contribution in [0.25, 0.3) is 5.57 Å². The molecular formula is C17H23N3O3. The molecule has 1 aliphatic heterocycles. The lowest BCUT2D eigenvalue weighted by Crippen LogP contribution is -2.39. The summed E-state index contributed by atoms with van der Waals surface area (Å²) in [5.41, 5.74) is 1.67. The van der Waals surface area contributed by atoms with Crippen LogP contribution >= 0.6 is 0 Å². The summed E-state index contributed by atoms with van der Waals surface area (Å²) in [6.07, 6.45) is 4.22. The van der Waals surface area contributed by atoms with Gasteiger partial charge in [-0.3, -0.25) is 4.79 Å². The van der Waals surface area contributed by atoms with Crippen LogP contribution in [0.2, 0.25) is 0 Å². The third kappa shape index (κ3) is 5.09. The number of nitrogens with one attached hydrogen (secondary N) is 1. The van der Waals surface area contributed by atoms with Gasteiger partial charge in [0, 0.05) is 26.2 Å². The third-order valence-electron chi connectivity index (χ3n) is 3.30. The zero-order valence-electron chi connectivity index (χ0n) is 14.0. The Bertz CT molecular complexity index is 615. The Hall–Kier alpha value is -2.37. The Morgan fingerprint density at radius 1 is 1.30 bits per heavy atom. The average molecular weight is 317 g/mol. The first-order chi connectivity index (χ1) is 10.7. The molecular weight excluding hydrogens is 294 g/mol. The van der Waals surface area contributed by atoms with Crippen molar-refractivity contribution in [2.75, 3.05) is 18.4 Å². The van der Waals surface area contributed by atoms with Crippen molar-refractivity contribution >= 4 is 23.4 Å². The highest BCUT2D eigenvalue weighted by atomic mass is 16.6. The van der Waals surface area contributed by atoms with Crippen molar-refractivity contribution in [3.63, 3.8) is 0 Å². The molecule has 6 nitrogen and oxygen atoms in total. The van der Waals surface area contributed by atoms with Crippen LogP contribution < -0.4 is 5.32 Å². The number of hydrogen-bond donors (Lipinski definition) is 1. The molecule has 23 heavy (non-hydrogen) atoms. The largest absolute Gasteiger partial charge is 0.444 e. The number of pyridine rings is 1. The molecule has 0 atom stereocenters. The van der Waals surface area contributed by atoms with E-state index in [1.165, 1.54) is 6.92 Å². The first kappa shape index (κ1) is 17.0. The van der Waals surface area contributed by atoms with E-state index in [1.54, 1.807) is 17.2 Å². The molecule has 0 radical (unpaired) electrons. The molecule has 1 aromatic heterocycles. The van der Waals surface area contributed by atoms with Crippen LogP contribution in [0, 0.1) is 0 Å². The van der Waals surface area contributed by atoms with E-state index in [4.69, 9.17) is 4.74 Å². The normalized spacial score (nSPS) is 15.0. The second-order valence-corrected chi connectivity index (χ2v) is 6.52. The summed E-state index contributed by atoms with van der Waals surface area (Å²) in [5.74, 6) is 0.392. The number of amides is 2. The van der Waals surface area contributed by atoms with Gasteiger partial charge < -0.3 is 15.0 Å². The zero-order valence-corrected chi connectivity index (χ0v) is 14.0. The van der Waals surface area contributed by atoms with Gasteiger partial charge in [0.25, 0.3) is 0 Å². The van der Waals surface area contributed by atoms with Crippen molar-refractivity contribution in [2.45, 2.75) is 39.7 Å². The third-order valence-corrected chi connectivity index (χ3v) is 3.30. The second-order valence-electron chi connectivity index (χ2n) is 6.52. The van der Waals surface area contributed by atoms with E-state index in [0.717, 1.165) is 17.6 Å². The zero-order chi connectivity index (χ0) is 17.0. The Morgan fingerprint density at radius 2 is 2.04 bits per heavy atom. The molecule has 1 N–H and O–H groups in total. The Labute approximate surface area is 136 Å². The maximum atomic E-state index is 12.0. The molecule has 2 heterocycles. The minimum Gasteiger partial charge on any atom is -0.444 e. The highest BCUT2D eigenvalue weighted by Crippen LogP contribution is 2.23. The standard InChI is InChI=1S/C17H23N3O3/c1-12(21)19-15-6-5-14(11-18-15)13-7-9-20(10-8-13)16(22)23-17(2,3)4/h5-7,11H,8-10H2,1-4H3,(H,18,19,21). The lowest BCUT2D eigenvalue weighted by Gasteiger charge is -2.29. The predicted molar refractivity (Wildman–Crippen MR) is 88.9 cm³/mol. The number of rotatable bonds is 2. The maximum absolute atomic E-state index is 12.0. The lowest BCUT2D eigenvalue weighted by atomic mass is 10.0. The number of nitrogens with zero attached hydrogens (tertiary/aromatic N) is 2. The fourth-order valence-electron chi connectivity index (χ4n) is 2.26.